The van der Waals surface area contributed by atoms with Crippen LogP contribution in [0.25, 0.3) is 0 Å². The summed E-state index contributed by atoms with van der Waals surface area (Å²) in [5, 5.41) is 9.65. The molecule has 0 heterocycles. The highest BCUT2D eigenvalue weighted by Gasteiger charge is 2.31. The molecule has 0 spiro atoms. The van der Waals surface area contributed by atoms with Crippen molar-refractivity contribution in [3.05, 3.63) is 48.6 Å². The van der Waals surface area contributed by atoms with Gasteiger partial charge in [0.05, 0.1) is 34.4 Å². The van der Waals surface area contributed by atoms with Gasteiger partial charge in [-0.25, -0.2) is 4.79 Å². The quantitative estimate of drug-likeness (QED) is 0.0281. The van der Waals surface area contributed by atoms with E-state index in [1.165, 1.54) is 135 Å². The molecule has 8 nitrogen and oxygen atoms in total. The fourth-order valence-corrected chi connectivity index (χ4v) is 7.51. The topological polar surface area (TPSA) is 99.1 Å². The molecular formula is C54H98NO7+. The standard InChI is InChI=1S/C54H97NO7/c1-6-8-10-12-14-16-18-20-22-23-24-25-26-27-28-29-31-33-35-37-39-41-43-45-53(57)62-50(48-60-47-46-51(54(58)59)55(3,4)5)49-61-52(56)44-42-40-38-36-34-32-30-21-19-17-15-13-11-9-7-2/h8,10,14,16-17,19-20,22,50-51H,6-7,9,11-13,15,18,21,23-49H2,1-5H3/p+1/b10-8+,16-14+,19-17+,22-20+. The smallest absolute Gasteiger partial charge is 0.362 e. The normalized spacial score (nSPS) is 13.2. The number of allylic oxidation sites excluding steroid dienone is 8. The Balaban J connectivity index is 4.20. The molecule has 0 saturated heterocycles. The fraction of sp³-hybridized carbons (Fsp3) is 0.796. The minimum Gasteiger partial charge on any atom is -0.477 e. The number of likely N-dealkylation sites (N-methyl/N-ethyl adjacent to an activating group) is 1. The lowest BCUT2D eigenvalue weighted by atomic mass is 10.0. The molecule has 2 unspecified atom stereocenters. The van der Waals surface area contributed by atoms with Crippen molar-refractivity contribution in [2.45, 2.75) is 238 Å². The fourth-order valence-electron chi connectivity index (χ4n) is 7.51. The number of hydrogen-bond acceptors (Lipinski definition) is 6. The van der Waals surface area contributed by atoms with Gasteiger partial charge < -0.3 is 23.8 Å². The van der Waals surface area contributed by atoms with Gasteiger partial charge in [0.1, 0.15) is 6.61 Å². The first-order valence-corrected chi connectivity index (χ1v) is 25.7. The molecule has 0 amide bonds. The Morgan fingerprint density at radius 3 is 1.35 bits per heavy atom. The maximum absolute atomic E-state index is 12.8. The van der Waals surface area contributed by atoms with Gasteiger partial charge in [0.25, 0.3) is 0 Å². The van der Waals surface area contributed by atoms with Crippen LogP contribution < -0.4 is 0 Å². The minimum atomic E-state index is -0.874. The number of aliphatic carboxylic acids is 1. The Labute approximate surface area is 382 Å². The van der Waals surface area contributed by atoms with E-state index < -0.39 is 18.1 Å². The van der Waals surface area contributed by atoms with Crippen molar-refractivity contribution >= 4 is 17.9 Å². The number of quaternary nitrogens is 1. The summed E-state index contributed by atoms with van der Waals surface area (Å²) in [6, 6.07) is -0.615. The van der Waals surface area contributed by atoms with Gasteiger partial charge in [0, 0.05) is 19.3 Å². The zero-order valence-corrected chi connectivity index (χ0v) is 41.1. The second kappa shape index (κ2) is 44.9. The Bertz CT molecular complexity index is 1150. The monoisotopic (exact) mass is 873 g/mol. The van der Waals surface area contributed by atoms with Gasteiger partial charge in [0.15, 0.2) is 12.1 Å². The van der Waals surface area contributed by atoms with Gasteiger partial charge in [-0.1, -0.05) is 184 Å². The van der Waals surface area contributed by atoms with Crippen molar-refractivity contribution < 1.29 is 38.2 Å². The van der Waals surface area contributed by atoms with E-state index in [0.717, 1.165) is 57.8 Å². The number of carboxylic acids is 1. The molecule has 2 atom stereocenters. The first kappa shape index (κ1) is 59.3. The highest BCUT2D eigenvalue weighted by Crippen LogP contribution is 2.16. The molecule has 0 aromatic heterocycles. The molecule has 0 aromatic rings. The van der Waals surface area contributed by atoms with Gasteiger partial charge >= 0.3 is 17.9 Å². The maximum atomic E-state index is 12.8. The van der Waals surface area contributed by atoms with Gasteiger partial charge in [-0.05, 0) is 70.6 Å². The van der Waals surface area contributed by atoms with Crippen molar-refractivity contribution in [1.29, 1.82) is 0 Å². The minimum absolute atomic E-state index is 0.0524. The lowest BCUT2D eigenvalue weighted by molar-refractivity contribution is -0.887. The second-order valence-corrected chi connectivity index (χ2v) is 18.4. The van der Waals surface area contributed by atoms with E-state index in [4.69, 9.17) is 14.2 Å². The molecule has 0 aliphatic rings. The number of nitrogens with zero attached hydrogens (tertiary/aromatic N) is 1. The molecule has 0 aliphatic carbocycles. The molecule has 0 fully saturated rings. The predicted molar refractivity (Wildman–Crippen MR) is 261 cm³/mol. The summed E-state index contributed by atoms with van der Waals surface area (Å²) in [5.74, 6) is -1.47. The Kier molecular flexibility index (Phi) is 42.9. The average Bonchev–Trinajstić information content (AvgIpc) is 3.23. The van der Waals surface area contributed by atoms with E-state index >= 15 is 0 Å². The summed E-state index contributed by atoms with van der Waals surface area (Å²) in [7, 11) is 5.54. The summed E-state index contributed by atoms with van der Waals surface area (Å²) < 4.78 is 17.4. The molecule has 0 saturated carbocycles. The van der Waals surface area contributed by atoms with E-state index in [1.54, 1.807) is 0 Å². The number of esters is 2. The summed E-state index contributed by atoms with van der Waals surface area (Å²) in [6.07, 6.45) is 54.4. The number of hydrogen-bond donors (Lipinski definition) is 1. The third-order valence-electron chi connectivity index (χ3n) is 11.5. The Hall–Kier alpha value is -2.71. The van der Waals surface area contributed by atoms with Gasteiger partial charge in [-0.15, -0.1) is 0 Å². The summed E-state index contributed by atoms with van der Waals surface area (Å²) >= 11 is 0. The number of rotatable bonds is 46. The molecule has 0 rings (SSSR count). The number of carbonyl (C=O) groups is 3. The molecular weight excluding hydrogens is 775 g/mol. The van der Waals surface area contributed by atoms with E-state index in [-0.39, 0.29) is 36.2 Å². The Morgan fingerprint density at radius 1 is 0.500 bits per heavy atom. The van der Waals surface area contributed by atoms with Crippen LogP contribution in [0.4, 0.5) is 0 Å². The van der Waals surface area contributed by atoms with Crippen LogP contribution in [0.5, 0.6) is 0 Å². The van der Waals surface area contributed by atoms with Crippen LogP contribution in [0.3, 0.4) is 0 Å². The van der Waals surface area contributed by atoms with Crippen molar-refractivity contribution in [3.63, 3.8) is 0 Å². The molecule has 0 aliphatic heterocycles. The largest absolute Gasteiger partial charge is 0.477 e. The van der Waals surface area contributed by atoms with Crippen molar-refractivity contribution in [1.82, 2.24) is 0 Å². The SMILES string of the molecule is CC/C=C/C/C=C/C/C=C/CCCCCCCCCCCCCCCC(=O)OC(COCCC(C(=O)O)[N+](C)(C)C)COC(=O)CCCCCCCCC/C=C/CCCCCC. The van der Waals surface area contributed by atoms with Gasteiger partial charge in [-0.2, -0.15) is 0 Å². The first-order chi connectivity index (χ1) is 30.1. The zero-order valence-electron chi connectivity index (χ0n) is 41.1. The van der Waals surface area contributed by atoms with Gasteiger partial charge in [-0.3, -0.25) is 9.59 Å². The van der Waals surface area contributed by atoms with Crippen LogP contribution in [0, 0.1) is 0 Å². The summed E-state index contributed by atoms with van der Waals surface area (Å²) in [6.45, 7) is 4.63. The van der Waals surface area contributed by atoms with Crippen LogP contribution >= 0.6 is 0 Å². The van der Waals surface area contributed by atoms with E-state index in [1.807, 2.05) is 21.1 Å². The maximum Gasteiger partial charge on any atom is 0.362 e. The molecule has 1 N–H and O–H groups in total. The number of unbranched alkanes of at least 4 members (excludes halogenated alkanes) is 24. The summed E-state index contributed by atoms with van der Waals surface area (Å²) in [5.41, 5.74) is 0. The van der Waals surface area contributed by atoms with Crippen LogP contribution in [-0.4, -0.2) is 80.6 Å². The second-order valence-electron chi connectivity index (χ2n) is 18.4. The van der Waals surface area contributed by atoms with Crippen LogP contribution in [0.2, 0.25) is 0 Å². The highest BCUT2D eigenvalue weighted by molar-refractivity contribution is 5.72. The third-order valence-corrected chi connectivity index (χ3v) is 11.5. The highest BCUT2D eigenvalue weighted by atomic mass is 16.6. The number of carboxylic acid groups (broad SMARTS) is 1. The molecule has 360 valence electrons. The van der Waals surface area contributed by atoms with Crippen LogP contribution in [-0.2, 0) is 28.6 Å². The average molecular weight is 873 g/mol. The predicted octanol–water partition coefficient (Wildman–Crippen LogP) is 14.8. The Morgan fingerprint density at radius 2 is 0.903 bits per heavy atom. The molecule has 8 heteroatoms. The van der Waals surface area contributed by atoms with E-state index in [0.29, 0.717) is 19.3 Å². The molecule has 0 bridgehead atoms. The van der Waals surface area contributed by atoms with E-state index in [9.17, 15) is 19.5 Å². The number of ether oxygens (including phenoxy) is 3. The molecule has 62 heavy (non-hydrogen) atoms. The summed E-state index contributed by atoms with van der Waals surface area (Å²) in [4.78, 5) is 37.1. The van der Waals surface area contributed by atoms with Crippen molar-refractivity contribution in [2.75, 3.05) is 41.0 Å². The van der Waals surface area contributed by atoms with Crippen molar-refractivity contribution in [2.24, 2.45) is 0 Å². The lowest BCUT2D eigenvalue weighted by Gasteiger charge is -2.31. The number of carbonyl (C=O) groups excluding carboxylic acids is 2. The van der Waals surface area contributed by atoms with Crippen LogP contribution in [0.1, 0.15) is 226 Å². The zero-order chi connectivity index (χ0) is 45.6. The lowest BCUT2D eigenvalue weighted by Crippen LogP contribution is -2.50. The molecule has 0 radical (unpaired) electrons. The van der Waals surface area contributed by atoms with Crippen molar-refractivity contribution in [3.8, 4) is 0 Å². The van der Waals surface area contributed by atoms with Gasteiger partial charge in [0.2, 0.25) is 0 Å². The first-order valence-electron chi connectivity index (χ1n) is 25.7. The van der Waals surface area contributed by atoms with Crippen LogP contribution in [0.15, 0.2) is 48.6 Å². The van der Waals surface area contributed by atoms with E-state index in [2.05, 4.69) is 62.5 Å². The third kappa shape index (κ3) is 42.6. The molecule has 0 aromatic carbocycles.